The van der Waals surface area contributed by atoms with E-state index in [-0.39, 0.29) is 0 Å². The lowest BCUT2D eigenvalue weighted by Gasteiger charge is -2.27. The van der Waals surface area contributed by atoms with Crippen molar-refractivity contribution in [3.63, 3.8) is 0 Å². The number of allylic oxidation sites excluding steroid dienone is 1. The van der Waals surface area contributed by atoms with Crippen LogP contribution >= 0.6 is 0 Å². The van der Waals surface area contributed by atoms with Gasteiger partial charge in [-0.15, -0.1) is 0 Å². The summed E-state index contributed by atoms with van der Waals surface area (Å²) in [6, 6.07) is 0. The molecule has 2 rings (SSSR count). The average Bonchev–Trinajstić information content (AvgIpc) is 2.30. The second kappa shape index (κ2) is 4.95. The van der Waals surface area contributed by atoms with Crippen molar-refractivity contribution in [1.82, 2.24) is 10.2 Å². The van der Waals surface area contributed by atoms with Gasteiger partial charge in [0.2, 0.25) is 0 Å². The molecule has 0 atom stereocenters. The maximum Gasteiger partial charge on any atom is 0.0140 e. The van der Waals surface area contributed by atoms with E-state index in [1.165, 1.54) is 32.4 Å². The molecular formula is C13H22N2. The standard InChI is InChI=1S/C13H22N2/c1-11(12-3-7-14-8-4-12)13-5-9-15(2)10-6-13/h3,14H,4-10H2,1-2H3. The molecule has 0 bridgehead atoms. The summed E-state index contributed by atoms with van der Waals surface area (Å²) in [6.45, 7) is 6.99. The summed E-state index contributed by atoms with van der Waals surface area (Å²) in [7, 11) is 2.22. The Labute approximate surface area is 93.0 Å². The molecule has 2 aliphatic rings. The summed E-state index contributed by atoms with van der Waals surface area (Å²) in [5, 5.41) is 3.37. The highest BCUT2D eigenvalue weighted by Crippen LogP contribution is 2.25. The van der Waals surface area contributed by atoms with Crippen LogP contribution in [0.4, 0.5) is 0 Å². The van der Waals surface area contributed by atoms with Crippen LogP contribution < -0.4 is 5.32 Å². The van der Waals surface area contributed by atoms with E-state index in [1.807, 2.05) is 0 Å². The van der Waals surface area contributed by atoms with Crippen LogP contribution in [0, 0.1) is 0 Å². The second-order valence-corrected chi connectivity index (χ2v) is 4.72. The molecule has 0 radical (unpaired) electrons. The van der Waals surface area contributed by atoms with Gasteiger partial charge in [-0.25, -0.2) is 0 Å². The highest BCUT2D eigenvalue weighted by molar-refractivity contribution is 5.35. The van der Waals surface area contributed by atoms with E-state index in [0.29, 0.717) is 0 Å². The van der Waals surface area contributed by atoms with Gasteiger partial charge in [-0.2, -0.15) is 0 Å². The number of piperidine rings is 1. The maximum atomic E-state index is 3.37. The van der Waals surface area contributed by atoms with E-state index >= 15 is 0 Å². The van der Waals surface area contributed by atoms with E-state index in [0.717, 1.165) is 13.1 Å². The molecule has 0 spiro atoms. The Bertz CT molecular complexity index is 279. The molecule has 0 aromatic carbocycles. The van der Waals surface area contributed by atoms with Crippen molar-refractivity contribution >= 4 is 0 Å². The molecule has 2 aliphatic heterocycles. The van der Waals surface area contributed by atoms with Crippen molar-refractivity contribution < 1.29 is 0 Å². The van der Waals surface area contributed by atoms with Gasteiger partial charge in [0.15, 0.2) is 0 Å². The second-order valence-electron chi connectivity index (χ2n) is 4.72. The van der Waals surface area contributed by atoms with E-state index in [2.05, 4.69) is 30.3 Å². The fourth-order valence-electron chi connectivity index (χ4n) is 2.45. The molecule has 1 saturated heterocycles. The van der Waals surface area contributed by atoms with Crippen LogP contribution in [0.3, 0.4) is 0 Å². The van der Waals surface area contributed by atoms with Crippen LogP contribution in [0.15, 0.2) is 22.8 Å². The van der Waals surface area contributed by atoms with Crippen LogP contribution in [0.1, 0.15) is 26.2 Å². The zero-order valence-electron chi connectivity index (χ0n) is 9.97. The van der Waals surface area contributed by atoms with Gasteiger partial charge in [0, 0.05) is 19.6 Å². The van der Waals surface area contributed by atoms with E-state index in [4.69, 9.17) is 0 Å². The highest BCUT2D eigenvalue weighted by Gasteiger charge is 2.14. The van der Waals surface area contributed by atoms with Gasteiger partial charge in [0.25, 0.3) is 0 Å². The normalized spacial score (nSPS) is 23.9. The molecule has 1 N–H and O–H groups in total. The first-order valence-corrected chi connectivity index (χ1v) is 6.04. The third kappa shape index (κ3) is 2.70. The van der Waals surface area contributed by atoms with Crippen LogP contribution in [0.2, 0.25) is 0 Å². The summed E-state index contributed by atoms with van der Waals surface area (Å²) < 4.78 is 0. The van der Waals surface area contributed by atoms with Crippen molar-refractivity contribution in [3.8, 4) is 0 Å². The fourth-order valence-corrected chi connectivity index (χ4v) is 2.45. The molecule has 0 unspecified atom stereocenters. The molecule has 0 aliphatic carbocycles. The molecule has 0 saturated carbocycles. The first kappa shape index (κ1) is 10.9. The zero-order chi connectivity index (χ0) is 10.7. The van der Waals surface area contributed by atoms with Crippen molar-refractivity contribution in [2.75, 3.05) is 33.2 Å². The van der Waals surface area contributed by atoms with Gasteiger partial charge < -0.3 is 10.2 Å². The SMILES string of the molecule is CC(C1=CCNCC1)=C1CCN(C)CC1. The predicted molar refractivity (Wildman–Crippen MR) is 65.0 cm³/mol. The molecule has 15 heavy (non-hydrogen) atoms. The maximum absolute atomic E-state index is 3.37. The molecular weight excluding hydrogens is 184 g/mol. The zero-order valence-corrected chi connectivity index (χ0v) is 9.97. The number of rotatable bonds is 1. The molecule has 84 valence electrons. The van der Waals surface area contributed by atoms with Gasteiger partial charge in [-0.05, 0) is 50.9 Å². The lowest BCUT2D eigenvalue weighted by atomic mass is 9.92. The minimum absolute atomic E-state index is 1.06. The minimum atomic E-state index is 1.06. The van der Waals surface area contributed by atoms with Gasteiger partial charge in [0.1, 0.15) is 0 Å². The summed E-state index contributed by atoms with van der Waals surface area (Å²) in [4.78, 5) is 2.42. The van der Waals surface area contributed by atoms with Crippen LogP contribution in [-0.4, -0.2) is 38.1 Å². The third-order valence-electron chi connectivity index (χ3n) is 3.67. The Hall–Kier alpha value is -0.600. The first-order valence-electron chi connectivity index (χ1n) is 6.04. The Morgan fingerprint density at radius 2 is 2.00 bits per heavy atom. The number of likely N-dealkylation sites (tertiary alicyclic amines) is 1. The Balaban J connectivity index is 2.07. The molecule has 1 fully saturated rings. The topological polar surface area (TPSA) is 15.3 Å². The molecule has 0 amide bonds. The summed E-state index contributed by atoms with van der Waals surface area (Å²) >= 11 is 0. The van der Waals surface area contributed by atoms with Gasteiger partial charge in [-0.3, -0.25) is 0 Å². The first-order chi connectivity index (χ1) is 7.27. The lowest BCUT2D eigenvalue weighted by Crippen LogP contribution is -2.27. The van der Waals surface area contributed by atoms with Crippen LogP contribution in [0.25, 0.3) is 0 Å². The number of hydrogen-bond donors (Lipinski definition) is 1. The smallest absolute Gasteiger partial charge is 0.0140 e. The third-order valence-corrected chi connectivity index (χ3v) is 3.67. The van der Waals surface area contributed by atoms with Crippen molar-refractivity contribution in [2.45, 2.75) is 26.2 Å². The summed E-state index contributed by atoms with van der Waals surface area (Å²) in [5.74, 6) is 0. The van der Waals surface area contributed by atoms with Crippen LogP contribution in [0.5, 0.6) is 0 Å². The monoisotopic (exact) mass is 206 g/mol. The molecule has 0 aromatic rings. The lowest BCUT2D eigenvalue weighted by molar-refractivity contribution is 0.311. The number of hydrogen-bond acceptors (Lipinski definition) is 2. The molecule has 2 heteroatoms. The van der Waals surface area contributed by atoms with Gasteiger partial charge in [0.05, 0.1) is 0 Å². The quantitative estimate of drug-likeness (QED) is 0.705. The number of nitrogens with one attached hydrogen (secondary N) is 1. The van der Waals surface area contributed by atoms with Gasteiger partial charge in [-0.1, -0.05) is 11.6 Å². The predicted octanol–water partition coefficient (Wildman–Crippen LogP) is 1.95. The minimum Gasteiger partial charge on any atom is -0.313 e. The highest BCUT2D eigenvalue weighted by atomic mass is 15.1. The summed E-state index contributed by atoms with van der Waals surface area (Å²) in [5.41, 5.74) is 4.87. The van der Waals surface area contributed by atoms with E-state index in [9.17, 15) is 0 Å². The molecule has 2 heterocycles. The van der Waals surface area contributed by atoms with Crippen molar-refractivity contribution in [1.29, 1.82) is 0 Å². The van der Waals surface area contributed by atoms with Gasteiger partial charge >= 0.3 is 0 Å². The van der Waals surface area contributed by atoms with E-state index < -0.39 is 0 Å². The molecule has 2 nitrogen and oxygen atoms in total. The van der Waals surface area contributed by atoms with E-state index in [1.54, 1.807) is 16.7 Å². The Kier molecular flexibility index (Phi) is 3.60. The number of nitrogens with zero attached hydrogens (tertiary/aromatic N) is 1. The fraction of sp³-hybridized carbons (Fsp3) is 0.692. The van der Waals surface area contributed by atoms with Crippen molar-refractivity contribution in [3.05, 3.63) is 22.8 Å². The summed E-state index contributed by atoms with van der Waals surface area (Å²) in [6.07, 6.45) is 6.12. The molecule has 0 aromatic heterocycles. The average molecular weight is 206 g/mol. The Morgan fingerprint density at radius 3 is 2.60 bits per heavy atom. The van der Waals surface area contributed by atoms with Crippen LogP contribution in [-0.2, 0) is 0 Å². The largest absolute Gasteiger partial charge is 0.313 e. The Morgan fingerprint density at radius 1 is 1.27 bits per heavy atom. The van der Waals surface area contributed by atoms with Crippen molar-refractivity contribution in [2.24, 2.45) is 0 Å².